The minimum atomic E-state index is -0.297. The van der Waals surface area contributed by atoms with E-state index >= 15 is 0 Å². The minimum absolute atomic E-state index is 0.0331. The maximum absolute atomic E-state index is 13.3. The number of hydrogen-bond donors (Lipinski definition) is 0. The number of rotatable bonds is 5. The van der Waals surface area contributed by atoms with Crippen LogP contribution in [0, 0.1) is 18.7 Å². The number of likely N-dealkylation sites (tertiary alicyclic amines) is 1. The lowest BCUT2D eigenvalue weighted by molar-refractivity contribution is 0.0644. The molecule has 2 fully saturated rings. The van der Waals surface area contributed by atoms with Gasteiger partial charge in [0.05, 0.1) is 11.8 Å². The highest BCUT2D eigenvalue weighted by Crippen LogP contribution is 2.47. The first-order valence-corrected chi connectivity index (χ1v) is 10.8. The molecule has 0 radical (unpaired) electrons. The second kappa shape index (κ2) is 7.59. The van der Waals surface area contributed by atoms with Crippen molar-refractivity contribution in [3.05, 3.63) is 53.4 Å². The van der Waals surface area contributed by atoms with Crippen LogP contribution in [0.1, 0.15) is 54.0 Å². The van der Waals surface area contributed by atoms with Crippen LogP contribution in [-0.2, 0) is 12.5 Å². The average Bonchev–Trinajstić information content (AvgIpc) is 3.32. The number of benzene rings is 1. The van der Waals surface area contributed by atoms with Crippen molar-refractivity contribution in [3.63, 3.8) is 0 Å². The van der Waals surface area contributed by atoms with Crippen molar-refractivity contribution in [3.8, 4) is 11.5 Å². The van der Waals surface area contributed by atoms with E-state index in [-0.39, 0.29) is 17.1 Å². The third-order valence-corrected chi connectivity index (χ3v) is 6.84. The molecule has 1 amide bonds. The van der Waals surface area contributed by atoms with E-state index in [9.17, 15) is 9.18 Å². The molecular weight excluding hydrogens is 397 g/mol. The Kier molecular flexibility index (Phi) is 4.87. The second-order valence-corrected chi connectivity index (χ2v) is 8.92. The number of carbonyl (C=O) groups excluding carboxylic acids is 1. The van der Waals surface area contributed by atoms with Crippen molar-refractivity contribution >= 4 is 5.91 Å². The predicted octanol–water partition coefficient (Wildman–Crippen LogP) is 3.89. The lowest BCUT2D eigenvalue weighted by Crippen LogP contribution is -2.46. The molecule has 2 aliphatic rings. The monoisotopic (exact) mass is 423 g/mol. The molecule has 1 saturated carbocycles. The Morgan fingerprint density at radius 3 is 2.55 bits per heavy atom. The van der Waals surface area contributed by atoms with Crippen LogP contribution < -0.4 is 0 Å². The summed E-state index contributed by atoms with van der Waals surface area (Å²) in [5.41, 5.74) is 2.06. The molecule has 162 valence electrons. The molecule has 7 nitrogen and oxygen atoms in total. The normalized spacial score (nSPS) is 18.4. The average molecular weight is 423 g/mol. The van der Waals surface area contributed by atoms with Crippen molar-refractivity contribution in [2.45, 2.75) is 44.4 Å². The van der Waals surface area contributed by atoms with E-state index in [2.05, 4.69) is 10.3 Å². The highest BCUT2D eigenvalue weighted by molar-refractivity contribution is 5.95. The van der Waals surface area contributed by atoms with Crippen molar-refractivity contribution < 1.29 is 13.7 Å². The molecular formula is C23H26FN5O2. The van der Waals surface area contributed by atoms with Crippen LogP contribution in [0.3, 0.4) is 0 Å². The first-order chi connectivity index (χ1) is 14.9. The van der Waals surface area contributed by atoms with Crippen LogP contribution in [0.25, 0.3) is 11.5 Å². The van der Waals surface area contributed by atoms with Crippen LogP contribution in [0.15, 0.2) is 35.0 Å². The Morgan fingerprint density at radius 2 is 1.94 bits per heavy atom. The van der Waals surface area contributed by atoms with Gasteiger partial charge in [-0.1, -0.05) is 18.0 Å². The molecule has 0 spiro atoms. The number of carbonyl (C=O) groups is 1. The molecule has 1 saturated heterocycles. The van der Waals surface area contributed by atoms with Gasteiger partial charge in [-0.2, -0.15) is 10.1 Å². The zero-order valence-corrected chi connectivity index (χ0v) is 17.8. The molecule has 1 aliphatic heterocycles. The number of hydrogen-bond acceptors (Lipinski definition) is 5. The lowest BCUT2D eigenvalue weighted by Gasteiger charge is -2.40. The molecule has 0 atom stereocenters. The molecule has 5 rings (SSSR count). The molecule has 3 heterocycles. The van der Waals surface area contributed by atoms with Gasteiger partial charge >= 0.3 is 0 Å². The summed E-state index contributed by atoms with van der Waals surface area (Å²) in [6.45, 7) is 3.22. The summed E-state index contributed by atoms with van der Waals surface area (Å²) in [7, 11) is 1.85. The molecule has 0 N–H and O–H groups in total. The standard InChI is InChI=1S/C23H26FN5O2/c1-15-19(14-25-28(15)2)21(30)29-11-9-23(10-12-29,13-16-3-4-16)22-26-20(31-27-22)17-5-7-18(24)8-6-17/h5-8,14,16H,3-4,9-13H2,1-2H3. The van der Waals surface area contributed by atoms with Gasteiger partial charge in [0.1, 0.15) is 5.82 Å². The maximum Gasteiger partial charge on any atom is 0.257 e. The Bertz CT molecular complexity index is 1090. The molecule has 8 heteroatoms. The first kappa shape index (κ1) is 19.9. The molecule has 0 unspecified atom stereocenters. The molecule has 2 aromatic heterocycles. The maximum atomic E-state index is 13.3. The molecule has 1 aliphatic carbocycles. The fourth-order valence-electron chi connectivity index (χ4n) is 4.56. The zero-order valence-electron chi connectivity index (χ0n) is 17.8. The van der Waals surface area contributed by atoms with Crippen LogP contribution in [0.4, 0.5) is 4.39 Å². The summed E-state index contributed by atoms with van der Waals surface area (Å²) in [5, 5.41) is 8.55. The Labute approximate surface area is 180 Å². The quantitative estimate of drug-likeness (QED) is 0.622. The largest absolute Gasteiger partial charge is 0.338 e. The van der Waals surface area contributed by atoms with E-state index in [1.54, 1.807) is 23.0 Å². The van der Waals surface area contributed by atoms with Gasteiger partial charge in [0.25, 0.3) is 11.8 Å². The number of halogens is 1. The number of aryl methyl sites for hydroxylation is 1. The van der Waals surface area contributed by atoms with E-state index in [1.807, 2.05) is 18.9 Å². The number of piperidine rings is 1. The fourth-order valence-corrected chi connectivity index (χ4v) is 4.56. The minimum Gasteiger partial charge on any atom is -0.338 e. The van der Waals surface area contributed by atoms with Gasteiger partial charge in [-0.3, -0.25) is 9.48 Å². The van der Waals surface area contributed by atoms with Gasteiger partial charge < -0.3 is 9.42 Å². The van der Waals surface area contributed by atoms with Crippen LogP contribution in [0.5, 0.6) is 0 Å². The molecule has 3 aromatic rings. The number of nitrogens with zero attached hydrogens (tertiary/aromatic N) is 5. The highest BCUT2D eigenvalue weighted by atomic mass is 19.1. The van der Waals surface area contributed by atoms with Gasteiger partial charge in [-0.25, -0.2) is 4.39 Å². The summed E-state index contributed by atoms with van der Waals surface area (Å²) in [4.78, 5) is 19.7. The predicted molar refractivity (Wildman–Crippen MR) is 112 cm³/mol. The molecule has 31 heavy (non-hydrogen) atoms. The number of aromatic nitrogens is 4. The smallest absolute Gasteiger partial charge is 0.257 e. The van der Waals surface area contributed by atoms with Crippen molar-refractivity contribution in [2.24, 2.45) is 13.0 Å². The van der Waals surface area contributed by atoms with E-state index in [0.29, 0.717) is 41.8 Å². The van der Waals surface area contributed by atoms with Gasteiger partial charge in [0.2, 0.25) is 0 Å². The number of amides is 1. The second-order valence-electron chi connectivity index (χ2n) is 8.92. The van der Waals surface area contributed by atoms with Gasteiger partial charge in [-0.15, -0.1) is 0 Å². The van der Waals surface area contributed by atoms with Crippen molar-refractivity contribution in [1.29, 1.82) is 0 Å². The highest BCUT2D eigenvalue weighted by Gasteiger charge is 2.45. The summed E-state index contributed by atoms with van der Waals surface area (Å²) in [6, 6.07) is 6.09. The third kappa shape index (κ3) is 3.75. The van der Waals surface area contributed by atoms with E-state index in [0.717, 1.165) is 25.0 Å². The SMILES string of the molecule is Cc1c(C(=O)N2CCC(CC3CC3)(c3noc(-c4ccc(F)cc4)n3)CC2)cnn1C. The Morgan fingerprint density at radius 1 is 1.23 bits per heavy atom. The first-order valence-electron chi connectivity index (χ1n) is 10.8. The van der Waals surface area contributed by atoms with Gasteiger partial charge in [-0.05, 0) is 56.4 Å². The van der Waals surface area contributed by atoms with Gasteiger partial charge in [0.15, 0.2) is 5.82 Å². The Hall–Kier alpha value is -3.03. The van der Waals surface area contributed by atoms with E-state index in [1.165, 1.54) is 25.0 Å². The van der Waals surface area contributed by atoms with Crippen molar-refractivity contribution in [2.75, 3.05) is 13.1 Å². The summed E-state index contributed by atoms with van der Waals surface area (Å²) in [6.07, 6.45) is 6.75. The van der Waals surface area contributed by atoms with Gasteiger partial charge in [0, 0.05) is 36.8 Å². The fraction of sp³-hybridized carbons (Fsp3) is 0.478. The summed E-state index contributed by atoms with van der Waals surface area (Å²) < 4.78 is 20.5. The van der Waals surface area contributed by atoms with E-state index < -0.39 is 0 Å². The molecule has 0 bridgehead atoms. The lowest BCUT2D eigenvalue weighted by atomic mass is 9.73. The Balaban J connectivity index is 1.36. The topological polar surface area (TPSA) is 77.1 Å². The zero-order chi connectivity index (χ0) is 21.6. The van der Waals surface area contributed by atoms with Crippen LogP contribution in [0.2, 0.25) is 0 Å². The summed E-state index contributed by atoms with van der Waals surface area (Å²) in [5.74, 6) is 1.55. The molecule has 1 aromatic carbocycles. The van der Waals surface area contributed by atoms with Crippen LogP contribution >= 0.6 is 0 Å². The summed E-state index contributed by atoms with van der Waals surface area (Å²) >= 11 is 0. The third-order valence-electron chi connectivity index (χ3n) is 6.84. The van der Waals surface area contributed by atoms with E-state index in [4.69, 9.17) is 9.51 Å². The van der Waals surface area contributed by atoms with Crippen molar-refractivity contribution in [1.82, 2.24) is 24.8 Å². The van der Waals surface area contributed by atoms with Crippen LogP contribution in [-0.4, -0.2) is 43.8 Å².